The zero-order chi connectivity index (χ0) is 21.9. The molecule has 1 aliphatic rings. The van der Waals surface area contributed by atoms with E-state index in [1.54, 1.807) is 33.9 Å². The van der Waals surface area contributed by atoms with Crippen LogP contribution in [0, 0.1) is 0 Å². The largest absolute Gasteiger partial charge is 0.416 e. The van der Waals surface area contributed by atoms with E-state index >= 15 is 0 Å². The minimum atomic E-state index is -4.42. The van der Waals surface area contributed by atoms with E-state index in [1.807, 2.05) is 4.90 Å². The number of benzene rings is 1. The predicted octanol–water partition coefficient (Wildman–Crippen LogP) is 3.49. The summed E-state index contributed by atoms with van der Waals surface area (Å²) < 4.78 is 68.3. The van der Waals surface area contributed by atoms with Crippen LogP contribution in [0.3, 0.4) is 0 Å². The van der Waals surface area contributed by atoms with Crippen molar-refractivity contribution in [3.05, 3.63) is 35.4 Å². The van der Waals surface area contributed by atoms with Gasteiger partial charge in [0.2, 0.25) is 0 Å². The number of guanidine groups is 1. The second-order valence-electron chi connectivity index (χ2n) is 7.83. The van der Waals surface area contributed by atoms with Gasteiger partial charge in [0, 0.05) is 20.1 Å². The van der Waals surface area contributed by atoms with Crippen molar-refractivity contribution >= 4 is 39.8 Å². The number of nitrogens with zero attached hydrogens (tertiary/aromatic N) is 2. The summed E-state index contributed by atoms with van der Waals surface area (Å²) in [5.74, 6) is 0.450. The monoisotopic (exact) mass is 563 g/mol. The SMILES string of the molecule is CN=C(NCCS(=O)(=O)C(C)(C)C)N1CCOC(c2cccc(C(F)(F)F)c2)C1.I. The average Bonchev–Trinajstić information content (AvgIpc) is 2.64. The van der Waals surface area contributed by atoms with E-state index in [0.29, 0.717) is 31.2 Å². The molecule has 172 valence electrons. The van der Waals surface area contributed by atoms with Crippen LogP contribution in [0.5, 0.6) is 0 Å². The number of nitrogens with one attached hydrogen (secondary N) is 1. The van der Waals surface area contributed by atoms with E-state index in [4.69, 9.17) is 4.74 Å². The van der Waals surface area contributed by atoms with Crippen LogP contribution in [0.2, 0.25) is 0 Å². The summed E-state index contributed by atoms with van der Waals surface area (Å²) in [6.45, 7) is 6.28. The number of alkyl halides is 3. The molecule has 0 radical (unpaired) electrons. The first-order valence-corrected chi connectivity index (χ1v) is 11.0. The quantitative estimate of drug-likeness (QED) is 0.345. The molecule has 1 aromatic rings. The Kier molecular flexibility index (Phi) is 9.42. The maximum Gasteiger partial charge on any atom is 0.416 e. The highest BCUT2D eigenvalue weighted by Crippen LogP contribution is 2.32. The van der Waals surface area contributed by atoms with Gasteiger partial charge >= 0.3 is 6.18 Å². The smallest absolute Gasteiger partial charge is 0.370 e. The van der Waals surface area contributed by atoms with Crippen LogP contribution in [0.25, 0.3) is 0 Å². The standard InChI is InChI=1S/C19H28F3N3O3S.HI/c1-18(2,3)29(26,27)11-8-24-17(23-4)25-9-10-28-16(13-25)14-6-5-7-15(12-14)19(20,21)22;/h5-7,12,16H,8-11,13H2,1-4H3,(H,23,24);1H. The second kappa shape index (κ2) is 10.5. The highest BCUT2D eigenvalue weighted by molar-refractivity contribution is 14.0. The number of morpholine rings is 1. The summed E-state index contributed by atoms with van der Waals surface area (Å²) >= 11 is 0. The molecule has 0 aliphatic carbocycles. The number of hydrogen-bond donors (Lipinski definition) is 1. The van der Waals surface area contributed by atoms with Crippen LogP contribution in [-0.4, -0.2) is 63.1 Å². The van der Waals surface area contributed by atoms with Crippen LogP contribution in [0.4, 0.5) is 13.2 Å². The van der Waals surface area contributed by atoms with Crippen molar-refractivity contribution in [3.63, 3.8) is 0 Å². The minimum Gasteiger partial charge on any atom is -0.370 e. The molecule has 1 fully saturated rings. The summed E-state index contributed by atoms with van der Waals surface area (Å²) in [5.41, 5.74) is -0.277. The topological polar surface area (TPSA) is 71.0 Å². The van der Waals surface area contributed by atoms with Crippen molar-refractivity contribution in [1.82, 2.24) is 10.2 Å². The number of rotatable bonds is 4. The highest BCUT2D eigenvalue weighted by Gasteiger charge is 2.32. The van der Waals surface area contributed by atoms with Crippen molar-refractivity contribution in [2.75, 3.05) is 39.0 Å². The molecule has 0 bridgehead atoms. The fraction of sp³-hybridized carbons (Fsp3) is 0.632. The Balaban J connectivity index is 0.00000450. The highest BCUT2D eigenvalue weighted by atomic mass is 127. The Morgan fingerprint density at radius 3 is 2.53 bits per heavy atom. The van der Waals surface area contributed by atoms with Crippen molar-refractivity contribution < 1.29 is 26.3 Å². The number of hydrogen-bond acceptors (Lipinski definition) is 4. The fourth-order valence-electron chi connectivity index (χ4n) is 2.89. The van der Waals surface area contributed by atoms with E-state index in [9.17, 15) is 21.6 Å². The molecule has 1 atom stereocenters. The van der Waals surface area contributed by atoms with Gasteiger partial charge in [0.15, 0.2) is 15.8 Å². The minimum absolute atomic E-state index is 0. The lowest BCUT2D eigenvalue weighted by Crippen LogP contribution is -2.49. The lowest BCUT2D eigenvalue weighted by molar-refractivity contribution is -0.137. The van der Waals surface area contributed by atoms with Gasteiger partial charge in [-0.05, 0) is 38.5 Å². The van der Waals surface area contributed by atoms with Crippen LogP contribution in [0.1, 0.15) is 38.0 Å². The van der Waals surface area contributed by atoms with Gasteiger partial charge in [0.1, 0.15) is 6.10 Å². The third kappa shape index (κ3) is 6.98. The van der Waals surface area contributed by atoms with E-state index in [-0.39, 0.29) is 36.3 Å². The summed E-state index contributed by atoms with van der Waals surface area (Å²) in [7, 11) is -1.69. The molecule has 0 saturated carbocycles. The Hall–Kier alpha value is -1.08. The van der Waals surface area contributed by atoms with Crippen molar-refractivity contribution in [2.24, 2.45) is 4.99 Å². The first-order chi connectivity index (χ1) is 13.3. The van der Waals surface area contributed by atoms with Gasteiger partial charge in [-0.2, -0.15) is 13.2 Å². The van der Waals surface area contributed by atoms with Gasteiger partial charge in [-0.3, -0.25) is 4.99 Å². The van der Waals surface area contributed by atoms with Gasteiger partial charge in [0.05, 0.1) is 29.2 Å². The predicted molar refractivity (Wildman–Crippen MR) is 122 cm³/mol. The van der Waals surface area contributed by atoms with Crippen LogP contribution in [0.15, 0.2) is 29.3 Å². The van der Waals surface area contributed by atoms with Gasteiger partial charge in [-0.25, -0.2) is 8.42 Å². The number of aliphatic imine (C=N–C) groups is 1. The van der Waals surface area contributed by atoms with E-state index < -0.39 is 32.4 Å². The summed E-state index contributed by atoms with van der Waals surface area (Å²) in [5, 5.41) is 3.04. The lowest BCUT2D eigenvalue weighted by Gasteiger charge is -2.35. The molecule has 0 amide bonds. The molecule has 30 heavy (non-hydrogen) atoms. The molecule has 1 N–H and O–H groups in total. The molecule has 1 saturated heterocycles. The zero-order valence-corrected chi connectivity index (χ0v) is 20.6. The van der Waals surface area contributed by atoms with Crippen LogP contribution >= 0.6 is 24.0 Å². The fourth-order valence-corrected chi connectivity index (χ4v) is 3.88. The molecule has 1 unspecified atom stereocenters. The van der Waals surface area contributed by atoms with Gasteiger partial charge in [-0.1, -0.05) is 12.1 Å². The molecule has 1 heterocycles. The van der Waals surface area contributed by atoms with Crippen LogP contribution in [-0.2, 0) is 20.8 Å². The summed E-state index contributed by atoms with van der Waals surface area (Å²) in [6.07, 6.45) is -4.96. The Bertz CT molecular complexity index is 839. The Labute approximate surface area is 193 Å². The summed E-state index contributed by atoms with van der Waals surface area (Å²) in [6, 6.07) is 5.10. The molecular formula is C19H29F3IN3O3S. The summed E-state index contributed by atoms with van der Waals surface area (Å²) in [4.78, 5) is 6.04. The number of halogens is 4. The zero-order valence-electron chi connectivity index (χ0n) is 17.5. The van der Waals surface area contributed by atoms with E-state index in [1.165, 1.54) is 6.07 Å². The van der Waals surface area contributed by atoms with Crippen molar-refractivity contribution in [3.8, 4) is 0 Å². The molecule has 0 aromatic heterocycles. The Morgan fingerprint density at radius 1 is 1.30 bits per heavy atom. The number of sulfone groups is 1. The van der Waals surface area contributed by atoms with Gasteiger partial charge in [-0.15, -0.1) is 24.0 Å². The van der Waals surface area contributed by atoms with E-state index in [0.717, 1.165) is 12.1 Å². The molecule has 11 heteroatoms. The molecule has 2 rings (SSSR count). The maximum absolute atomic E-state index is 13.0. The third-order valence-electron chi connectivity index (χ3n) is 4.75. The molecular weight excluding hydrogens is 534 g/mol. The van der Waals surface area contributed by atoms with Gasteiger partial charge < -0.3 is 15.0 Å². The maximum atomic E-state index is 13.0. The first kappa shape index (κ1) is 27.0. The Morgan fingerprint density at radius 2 is 1.97 bits per heavy atom. The third-order valence-corrected chi connectivity index (χ3v) is 7.36. The van der Waals surface area contributed by atoms with Crippen molar-refractivity contribution in [1.29, 1.82) is 0 Å². The normalized spacial score (nSPS) is 18.7. The average molecular weight is 563 g/mol. The van der Waals surface area contributed by atoms with E-state index in [2.05, 4.69) is 10.3 Å². The number of ether oxygens (including phenoxy) is 1. The lowest BCUT2D eigenvalue weighted by atomic mass is 10.0. The molecule has 6 nitrogen and oxygen atoms in total. The van der Waals surface area contributed by atoms with Crippen molar-refractivity contribution in [2.45, 2.75) is 37.8 Å². The molecule has 0 spiro atoms. The molecule has 1 aromatic carbocycles. The second-order valence-corrected chi connectivity index (χ2v) is 10.7. The molecule has 1 aliphatic heterocycles. The van der Waals surface area contributed by atoms with Crippen LogP contribution < -0.4 is 5.32 Å². The first-order valence-electron chi connectivity index (χ1n) is 9.32. The van der Waals surface area contributed by atoms with Gasteiger partial charge in [0.25, 0.3) is 0 Å².